The van der Waals surface area contributed by atoms with Crippen LogP contribution in [-0.4, -0.2) is 30.9 Å². The second kappa shape index (κ2) is 5.84. The van der Waals surface area contributed by atoms with Gasteiger partial charge in [-0.25, -0.2) is 8.42 Å². The number of hydrogen-bond donors (Lipinski definition) is 1. The maximum Gasteiger partial charge on any atom is 0.243 e. The third kappa shape index (κ3) is 3.40. The summed E-state index contributed by atoms with van der Waals surface area (Å²) >= 11 is 0. The van der Waals surface area contributed by atoms with Crippen LogP contribution in [0.1, 0.15) is 38.7 Å². The van der Waals surface area contributed by atoms with Crippen LogP contribution >= 0.6 is 0 Å². The number of aliphatic hydroxyl groups is 1. The summed E-state index contributed by atoms with van der Waals surface area (Å²) in [6, 6.07) is 6.57. The molecule has 0 saturated carbocycles. The zero-order valence-corrected chi connectivity index (χ0v) is 13.0. The van der Waals surface area contributed by atoms with Crippen molar-refractivity contribution in [1.29, 1.82) is 0 Å². The molecule has 1 N–H and O–H groups in total. The van der Waals surface area contributed by atoms with Gasteiger partial charge in [0.15, 0.2) is 0 Å². The Bertz CT molecular complexity index is 566. The first-order chi connectivity index (χ1) is 9.35. The van der Waals surface area contributed by atoms with Gasteiger partial charge in [-0.05, 0) is 42.4 Å². The fourth-order valence-corrected chi connectivity index (χ4v) is 4.14. The minimum Gasteiger partial charge on any atom is -0.392 e. The van der Waals surface area contributed by atoms with E-state index in [-0.39, 0.29) is 16.9 Å². The summed E-state index contributed by atoms with van der Waals surface area (Å²) in [6.45, 7) is 5.38. The molecule has 1 aromatic rings. The number of sulfonamides is 1. The highest BCUT2D eigenvalue weighted by molar-refractivity contribution is 7.89. The van der Waals surface area contributed by atoms with E-state index in [1.807, 2.05) is 0 Å². The first-order valence-electron chi connectivity index (χ1n) is 7.05. The summed E-state index contributed by atoms with van der Waals surface area (Å²) in [5.74, 6) is 0. The predicted octanol–water partition coefficient (Wildman–Crippen LogP) is 2.38. The van der Waals surface area contributed by atoms with Gasteiger partial charge in [-0.15, -0.1) is 0 Å². The van der Waals surface area contributed by atoms with E-state index in [4.69, 9.17) is 5.11 Å². The molecule has 112 valence electrons. The van der Waals surface area contributed by atoms with E-state index < -0.39 is 10.0 Å². The SMILES string of the molecule is CC1(C)CCCN(S(=O)(=O)c2cccc(CO)c2)CC1. The van der Waals surface area contributed by atoms with Crippen LogP contribution < -0.4 is 0 Å². The average Bonchev–Trinajstić information content (AvgIpc) is 2.60. The molecular weight excluding hydrogens is 274 g/mol. The van der Waals surface area contributed by atoms with E-state index in [2.05, 4.69) is 13.8 Å². The van der Waals surface area contributed by atoms with Crippen LogP contribution in [0, 0.1) is 5.41 Å². The van der Waals surface area contributed by atoms with Gasteiger partial charge in [-0.3, -0.25) is 0 Å². The molecule has 1 heterocycles. The van der Waals surface area contributed by atoms with E-state index >= 15 is 0 Å². The van der Waals surface area contributed by atoms with Crippen molar-refractivity contribution in [3.05, 3.63) is 29.8 Å². The fraction of sp³-hybridized carbons (Fsp3) is 0.600. The number of benzene rings is 1. The van der Waals surface area contributed by atoms with Crippen molar-refractivity contribution in [2.24, 2.45) is 5.41 Å². The first-order valence-corrected chi connectivity index (χ1v) is 8.49. The van der Waals surface area contributed by atoms with Crippen molar-refractivity contribution in [1.82, 2.24) is 4.31 Å². The lowest BCUT2D eigenvalue weighted by atomic mass is 9.85. The predicted molar refractivity (Wildman–Crippen MR) is 78.8 cm³/mol. The molecule has 0 aromatic heterocycles. The number of hydrogen-bond acceptors (Lipinski definition) is 3. The Morgan fingerprint density at radius 1 is 1.25 bits per heavy atom. The highest BCUT2D eigenvalue weighted by Crippen LogP contribution is 2.31. The molecule has 5 heteroatoms. The minimum atomic E-state index is -3.45. The fourth-order valence-electron chi connectivity index (χ4n) is 2.59. The minimum absolute atomic E-state index is 0.142. The Labute approximate surface area is 121 Å². The smallest absolute Gasteiger partial charge is 0.243 e. The molecule has 1 aliphatic heterocycles. The normalized spacial score (nSPS) is 20.6. The number of nitrogens with zero attached hydrogens (tertiary/aromatic N) is 1. The van der Waals surface area contributed by atoms with Crippen LogP contribution in [0.15, 0.2) is 29.2 Å². The molecule has 1 saturated heterocycles. The molecule has 1 fully saturated rings. The molecule has 0 radical (unpaired) electrons. The standard InChI is InChI=1S/C15H23NO3S/c1-15(2)7-4-9-16(10-8-15)20(18,19)14-6-3-5-13(11-14)12-17/h3,5-6,11,17H,4,7-10,12H2,1-2H3. The molecule has 20 heavy (non-hydrogen) atoms. The second-order valence-electron chi connectivity index (χ2n) is 6.23. The maximum absolute atomic E-state index is 12.7. The lowest BCUT2D eigenvalue weighted by Crippen LogP contribution is -2.32. The zero-order chi connectivity index (χ0) is 14.8. The summed E-state index contributed by atoms with van der Waals surface area (Å²) < 4.78 is 26.9. The topological polar surface area (TPSA) is 57.6 Å². The molecule has 0 atom stereocenters. The monoisotopic (exact) mass is 297 g/mol. The van der Waals surface area contributed by atoms with Gasteiger partial charge in [-0.1, -0.05) is 26.0 Å². The lowest BCUT2D eigenvalue weighted by molar-refractivity contribution is 0.281. The van der Waals surface area contributed by atoms with E-state index in [0.717, 1.165) is 19.3 Å². The number of aliphatic hydroxyl groups excluding tert-OH is 1. The lowest BCUT2D eigenvalue weighted by Gasteiger charge is -2.23. The van der Waals surface area contributed by atoms with Crippen molar-refractivity contribution in [2.75, 3.05) is 13.1 Å². The molecule has 1 aromatic carbocycles. The van der Waals surface area contributed by atoms with Crippen LogP contribution in [0.2, 0.25) is 0 Å². The van der Waals surface area contributed by atoms with E-state index in [9.17, 15) is 8.42 Å². The summed E-state index contributed by atoms with van der Waals surface area (Å²) in [6.07, 6.45) is 2.83. The van der Waals surface area contributed by atoms with Crippen molar-refractivity contribution in [3.63, 3.8) is 0 Å². The van der Waals surface area contributed by atoms with Crippen LogP contribution in [0.4, 0.5) is 0 Å². The van der Waals surface area contributed by atoms with Crippen molar-refractivity contribution < 1.29 is 13.5 Å². The number of rotatable bonds is 3. The van der Waals surface area contributed by atoms with Gasteiger partial charge in [0.2, 0.25) is 10.0 Å². The molecule has 0 spiro atoms. The van der Waals surface area contributed by atoms with Gasteiger partial charge in [0.05, 0.1) is 11.5 Å². The largest absolute Gasteiger partial charge is 0.392 e. The summed E-state index contributed by atoms with van der Waals surface area (Å²) in [5.41, 5.74) is 0.832. The Kier molecular flexibility index (Phi) is 4.52. The third-order valence-corrected chi connectivity index (χ3v) is 5.91. The molecule has 0 bridgehead atoms. The van der Waals surface area contributed by atoms with Crippen LogP contribution in [0.25, 0.3) is 0 Å². The maximum atomic E-state index is 12.7. The molecule has 0 aliphatic carbocycles. The molecule has 1 aliphatic rings. The highest BCUT2D eigenvalue weighted by atomic mass is 32.2. The van der Waals surface area contributed by atoms with Crippen molar-refractivity contribution in [3.8, 4) is 0 Å². The van der Waals surface area contributed by atoms with Crippen molar-refractivity contribution in [2.45, 2.75) is 44.6 Å². The zero-order valence-electron chi connectivity index (χ0n) is 12.2. The van der Waals surface area contributed by atoms with Gasteiger partial charge in [0.1, 0.15) is 0 Å². The molecule has 0 unspecified atom stereocenters. The van der Waals surface area contributed by atoms with Crippen LogP contribution in [0.3, 0.4) is 0 Å². The Morgan fingerprint density at radius 3 is 2.70 bits per heavy atom. The molecule has 4 nitrogen and oxygen atoms in total. The molecular formula is C15H23NO3S. The molecule has 2 rings (SSSR count). The Balaban J connectivity index is 2.25. The van der Waals surface area contributed by atoms with Gasteiger partial charge < -0.3 is 5.11 Å². The Morgan fingerprint density at radius 2 is 2.00 bits per heavy atom. The third-order valence-electron chi connectivity index (χ3n) is 4.02. The second-order valence-corrected chi connectivity index (χ2v) is 8.17. The van der Waals surface area contributed by atoms with Crippen LogP contribution in [-0.2, 0) is 16.6 Å². The van der Waals surface area contributed by atoms with Gasteiger partial charge >= 0.3 is 0 Å². The van der Waals surface area contributed by atoms with E-state index in [1.54, 1.807) is 28.6 Å². The van der Waals surface area contributed by atoms with Gasteiger partial charge in [0.25, 0.3) is 0 Å². The van der Waals surface area contributed by atoms with Crippen molar-refractivity contribution >= 4 is 10.0 Å². The summed E-state index contributed by atoms with van der Waals surface area (Å²) in [5, 5.41) is 9.14. The van der Waals surface area contributed by atoms with Crippen LogP contribution in [0.5, 0.6) is 0 Å². The average molecular weight is 297 g/mol. The van der Waals surface area contributed by atoms with E-state index in [0.29, 0.717) is 18.7 Å². The molecule has 0 amide bonds. The van der Waals surface area contributed by atoms with E-state index in [1.165, 1.54) is 0 Å². The quantitative estimate of drug-likeness (QED) is 0.932. The summed E-state index contributed by atoms with van der Waals surface area (Å²) in [4.78, 5) is 0.281. The van der Waals surface area contributed by atoms with Gasteiger partial charge in [0, 0.05) is 13.1 Å². The highest BCUT2D eigenvalue weighted by Gasteiger charge is 2.30. The van der Waals surface area contributed by atoms with Gasteiger partial charge in [-0.2, -0.15) is 4.31 Å². The summed E-state index contributed by atoms with van der Waals surface area (Å²) in [7, 11) is -3.45. The first kappa shape index (κ1) is 15.5. The Hall–Kier alpha value is -0.910.